The highest BCUT2D eigenvalue weighted by molar-refractivity contribution is 6.02. The topological polar surface area (TPSA) is 17.0 Å². The average molecular weight is 629 g/mol. The van der Waals surface area contributed by atoms with E-state index in [-0.39, 0.29) is 17.3 Å². The Morgan fingerprint density at radius 2 is 1.66 bits per heavy atom. The zero-order valence-corrected chi connectivity index (χ0v) is 29.2. The third-order valence-electron chi connectivity index (χ3n) is 11.8. The standard InChI is InChI=1S/C43H49FN2O/c1-8-11-14-28-18-22-35-38-31(28)24-26-46-41(38)39-32(20-23-36(44)40(39)42(35,4)5)34(43(46,9-2)10-3)21-17-29-16-19-30(47-7)27-33(29)37-15-12-13-25-45(37)6/h12-13,15-16,18-20,22-27,34H,8-11,14,17,21H2,1-7H3/q+2. The number of methoxy groups -OCH3 is 1. The lowest BCUT2D eigenvalue weighted by atomic mass is 9.61. The summed E-state index contributed by atoms with van der Waals surface area (Å²) in [5, 5.41) is 2.68. The van der Waals surface area contributed by atoms with Gasteiger partial charge in [-0.3, -0.25) is 0 Å². The molecule has 1 aliphatic carbocycles. The lowest BCUT2D eigenvalue weighted by Crippen LogP contribution is -2.63. The van der Waals surface area contributed by atoms with Crippen molar-refractivity contribution in [2.45, 2.75) is 96.4 Å². The SMILES string of the molecule is CCCCc1ccc2c3c4[n+](ccc13)C(CC)(CC)C(CCc1ccc(OC)cc1-c1cccc[n+]1C)c1ccc(F)c(c1-4)C2(C)C. The lowest BCUT2D eigenvalue weighted by molar-refractivity contribution is -0.762. The van der Waals surface area contributed by atoms with Gasteiger partial charge in [0.25, 0.3) is 0 Å². The summed E-state index contributed by atoms with van der Waals surface area (Å²) in [5.74, 6) is 0.996. The van der Waals surface area contributed by atoms with Crippen LogP contribution in [0.1, 0.15) is 100 Å². The Kier molecular flexibility index (Phi) is 7.97. The Morgan fingerprint density at radius 3 is 2.38 bits per heavy atom. The monoisotopic (exact) mass is 628 g/mol. The van der Waals surface area contributed by atoms with Crippen molar-refractivity contribution in [1.29, 1.82) is 0 Å². The molecule has 7 rings (SSSR count). The summed E-state index contributed by atoms with van der Waals surface area (Å²) >= 11 is 0. The Bertz CT molecular complexity index is 2000. The van der Waals surface area contributed by atoms with Gasteiger partial charge in [-0.1, -0.05) is 65.3 Å². The molecule has 0 radical (unpaired) electrons. The largest absolute Gasteiger partial charge is 0.497 e. The van der Waals surface area contributed by atoms with Crippen LogP contribution in [0.15, 0.2) is 79.1 Å². The number of benzene rings is 3. The number of pyridine rings is 2. The molecule has 0 spiro atoms. The van der Waals surface area contributed by atoms with E-state index < -0.39 is 5.41 Å². The maximum Gasteiger partial charge on any atom is 0.221 e. The molecule has 2 aliphatic rings. The zero-order valence-electron chi connectivity index (χ0n) is 29.2. The number of ether oxygens (including phenoxy) is 1. The quantitative estimate of drug-likeness (QED) is 0.141. The van der Waals surface area contributed by atoms with Gasteiger partial charge in [-0.05, 0) is 77.6 Å². The van der Waals surface area contributed by atoms with E-state index in [1.54, 1.807) is 13.2 Å². The van der Waals surface area contributed by atoms with E-state index in [4.69, 9.17) is 4.74 Å². The molecular weight excluding hydrogens is 579 g/mol. The fourth-order valence-corrected chi connectivity index (χ4v) is 9.27. The normalized spacial score (nSPS) is 16.8. The van der Waals surface area contributed by atoms with Gasteiger partial charge < -0.3 is 4.74 Å². The Hall–Kier alpha value is -4.05. The molecule has 0 saturated carbocycles. The van der Waals surface area contributed by atoms with Crippen LogP contribution in [0.2, 0.25) is 0 Å². The highest BCUT2D eigenvalue weighted by Gasteiger charge is 2.55. The summed E-state index contributed by atoms with van der Waals surface area (Å²) in [6.07, 6.45) is 11.7. The summed E-state index contributed by atoms with van der Waals surface area (Å²) in [7, 11) is 3.84. The Balaban J connectivity index is 1.44. The first-order valence-electron chi connectivity index (χ1n) is 17.7. The van der Waals surface area contributed by atoms with E-state index in [2.05, 4.69) is 124 Å². The summed E-state index contributed by atoms with van der Waals surface area (Å²) in [5.41, 5.74) is 10.3. The third-order valence-corrected chi connectivity index (χ3v) is 11.8. The van der Waals surface area contributed by atoms with Gasteiger partial charge in [0.15, 0.2) is 17.9 Å². The molecule has 3 aromatic carbocycles. The highest BCUT2D eigenvalue weighted by Crippen LogP contribution is 2.56. The highest BCUT2D eigenvalue weighted by atomic mass is 19.1. The van der Waals surface area contributed by atoms with Gasteiger partial charge in [-0.25, -0.2) is 8.96 Å². The minimum absolute atomic E-state index is 0.0914. The van der Waals surface area contributed by atoms with Crippen LogP contribution in [0, 0.1) is 5.82 Å². The molecular formula is C43H49FN2O+2. The van der Waals surface area contributed by atoms with Gasteiger partial charge in [0, 0.05) is 42.0 Å². The van der Waals surface area contributed by atoms with Crippen molar-refractivity contribution in [3.63, 3.8) is 0 Å². The smallest absolute Gasteiger partial charge is 0.221 e. The van der Waals surface area contributed by atoms with E-state index in [9.17, 15) is 0 Å². The van der Waals surface area contributed by atoms with Crippen LogP contribution in [0.4, 0.5) is 4.39 Å². The van der Waals surface area contributed by atoms with Crippen LogP contribution in [0.5, 0.6) is 5.75 Å². The van der Waals surface area contributed by atoms with E-state index in [0.717, 1.165) is 49.0 Å². The van der Waals surface area contributed by atoms with Crippen molar-refractivity contribution in [1.82, 2.24) is 0 Å². The van der Waals surface area contributed by atoms with Crippen LogP contribution in [-0.2, 0) is 30.8 Å². The Labute approximate surface area is 280 Å². The summed E-state index contributed by atoms with van der Waals surface area (Å²) < 4.78 is 26.8. The van der Waals surface area contributed by atoms with Crippen molar-refractivity contribution in [2.75, 3.05) is 7.11 Å². The van der Waals surface area contributed by atoms with Crippen LogP contribution >= 0.6 is 0 Å². The van der Waals surface area contributed by atoms with Gasteiger partial charge >= 0.3 is 0 Å². The summed E-state index contributed by atoms with van der Waals surface area (Å²) in [4.78, 5) is 0. The van der Waals surface area contributed by atoms with Crippen LogP contribution < -0.4 is 13.9 Å². The van der Waals surface area contributed by atoms with Crippen LogP contribution in [0.25, 0.3) is 33.3 Å². The molecule has 1 aliphatic heterocycles. The average Bonchev–Trinajstić information content (AvgIpc) is 3.08. The van der Waals surface area contributed by atoms with Crippen LogP contribution in [0.3, 0.4) is 0 Å². The molecule has 0 saturated heterocycles. The number of halogens is 1. The second-order valence-corrected chi connectivity index (χ2v) is 14.3. The lowest BCUT2D eigenvalue weighted by Gasteiger charge is -2.45. The minimum Gasteiger partial charge on any atom is -0.497 e. The number of hydrogen-bond acceptors (Lipinski definition) is 1. The number of hydrogen-bond donors (Lipinski definition) is 0. The van der Waals surface area contributed by atoms with Gasteiger partial charge in [-0.15, -0.1) is 0 Å². The van der Waals surface area contributed by atoms with Crippen molar-refractivity contribution in [3.8, 4) is 28.3 Å². The summed E-state index contributed by atoms with van der Waals surface area (Å²) in [6, 6.07) is 23.8. The van der Waals surface area contributed by atoms with Gasteiger partial charge in [0.2, 0.25) is 11.4 Å². The molecule has 5 aromatic rings. The third kappa shape index (κ3) is 4.65. The second-order valence-electron chi connectivity index (χ2n) is 14.3. The number of unbranched alkanes of at least 4 members (excludes halogenated alkanes) is 1. The predicted octanol–water partition coefficient (Wildman–Crippen LogP) is 9.66. The van der Waals surface area contributed by atoms with E-state index >= 15 is 4.39 Å². The first-order chi connectivity index (χ1) is 22.7. The molecule has 242 valence electrons. The molecule has 1 unspecified atom stereocenters. The van der Waals surface area contributed by atoms with Crippen molar-refractivity contribution < 1.29 is 18.3 Å². The molecule has 1 atom stereocenters. The van der Waals surface area contributed by atoms with Gasteiger partial charge in [-0.2, -0.15) is 4.57 Å². The Morgan fingerprint density at radius 1 is 0.872 bits per heavy atom. The van der Waals surface area contributed by atoms with Crippen molar-refractivity contribution >= 4 is 10.8 Å². The molecule has 0 bridgehead atoms. The van der Waals surface area contributed by atoms with Gasteiger partial charge in [0.05, 0.1) is 29.5 Å². The number of rotatable bonds is 10. The second kappa shape index (κ2) is 11.9. The number of aromatic nitrogens is 2. The number of nitrogens with zero attached hydrogens (tertiary/aromatic N) is 2. The molecule has 3 nitrogen and oxygen atoms in total. The first-order valence-corrected chi connectivity index (χ1v) is 17.7. The molecule has 0 amide bonds. The maximum absolute atomic E-state index is 16.3. The first kappa shape index (κ1) is 31.5. The molecule has 3 heterocycles. The fraction of sp³-hybridized carbons (Fsp3) is 0.395. The molecule has 0 fully saturated rings. The van der Waals surface area contributed by atoms with Gasteiger partial charge in [0.1, 0.15) is 18.6 Å². The maximum atomic E-state index is 16.3. The molecule has 47 heavy (non-hydrogen) atoms. The molecule has 4 heteroatoms. The van der Waals surface area contributed by atoms with E-state index in [1.165, 1.54) is 62.8 Å². The molecule has 2 aromatic heterocycles. The van der Waals surface area contributed by atoms with E-state index in [0.29, 0.717) is 0 Å². The summed E-state index contributed by atoms with van der Waals surface area (Å²) in [6.45, 7) is 11.4. The zero-order chi connectivity index (χ0) is 33.1. The predicted molar refractivity (Wildman–Crippen MR) is 190 cm³/mol. The van der Waals surface area contributed by atoms with Crippen LogP contribution in [-0.4, -0.2) is 7.11 Å². The van der Waals surface area contributed by atoms with Crippen molar-refractivity contribution in [3.05, 3.63) is 113 Å². The van der Waals surface area contributed by atoms with E-state index in [1.807, 2.05) is 0 Å². The minimum atomic E-state index is -0.447. The molecule has 0 N–H and O–H groups in total. The van der Waals surface area contributed by atoms with Crippen molar-refractivity contribution in [2.24, 2.45) is 7.05 Å². The number of aryl methyl sites for hydroxylation is 3. The fourth-order valence-electron chi connectivity index (χ4n) is 9.27.